The third kappa shape index (κ3) is 4.25. The van der Waals surface area contributed by atoms with Crippen molar-refractivity contribution in [1.29, 1.82) is 0 Å². The Bertz CT molecular complexity index is 202. The normalized spacial score (nSPS) is 16.6. The summed E-state index contributed by atoms with van der Waals surface area (Å²) in [4.78, 5) is 0. The fourth-order valence-electron chi connectivity index (χ4n) is 0.704. The topological polar surface area (TPSA) is 29.5 Å². The first-order valence-corrected chi connectivity index (χ1v) is 8.63. The van der Waals surface area contributed by atoms with Crippen molar-refractivity contribution in [2.45, 2.75) is 65.8 Å². The van der Waals surface area contributed by atoms with Crippen molar-refractivity contribution in [2.75, 3.05) is 6.61 Å². The Kier molecular flexibility index (Phi) is 4.60. The highest BCUT2D eigenvalue weighted by atomic mass is 28.4. The summed E-state index contributed by atoms with van der Waals surface area (Å²) < 4.78 is 6.10. The van der Waals surface area contributed by atoms with E-state index < -0.39 is 8.32 Å². The van der Waals surface area contributed by atoms with Gasteiger partial charge in [-0.2, -0.15) is 0 Å². The molecule has 0 heterocycles. The molecule has 3 heteroatoms. The lowest BCUT2D eigenvalue weighted by Gasteiger charge is -2.39. The van der Waals surface area contributed by atoms with Gasteiger partial charge >= 0.3 is 0 Å². The van der Waals surface area contributed by atoms with Crippen LogP contribution in [0.15, 0.2) is 0 Å². The van der Waals surface area contributed by atoms with Gasteiger partial charge in [0.25, 0.3) is 0 Å². The summed E-state index contributed by atoms with van der Waals surface area (Å²) >= 11 is 0. The van der Waals surface area contributed by atoms with Crippen LogP contribution in [0.2, 0.25) is 18.1 Å². The van der Waals surface area contributed by atoms with Crippen LogP contribution in [0.3, 0.4) is 0 Å². The highest BCUT2D eigenvalue weighted by molar-refractivity contribution is 6.74. The van der Waals surface area contributed by atoms with Gasteiger partial charge in [0.05, 0.1) is 6.10 Å². The Morgan fingerprint density at radius 2 is 1.53 bits per heavy atom. The minimum atomic E-state index is -1.67. The molecular weight excluding hydrogens is 204 g/mol. The SMILES string of the molecule is CC(O)C(C)(C)CO[Si](C)(C)C(C)(C)C. The Morgan fingerprint density at radius 3 is 1.80 bits per heavy atom. The van der Waals surface area contributed by atoms with Gasteiger partial charge in [-0.25, -0.2) is 0 Å². The summed E-state index contributed by atoms with van der Waals surface area (Å²) in [6, 6.07) is 0. The van der Waals surface area contributed by atoms with Crippen LogP contribution in [0.5, 0.6) is 0 Å². The molecule has 0 radical (unpaired) electrons. The summed E-state index contributed by atoms with van der Waals surface area (Å²) in [6.07, 6.45) is -0.331. The van der Waals surface area contributed by atoms with Crippen molar-refractivity contribution in [3.8, 4) is 0 Å². The van der Waals surface area contributed by atoms with Crippen molar-refractivity contribution in [3.63, 3.8) is 0 Å². The summed E-state index contributed by atoms with van der Waals surface area (Å²) in [7, 11) is -1.67. The average Bonchev–Trinajstić information content (AvgIpc) is 1.99. The Hall–Kier alpha value is 0.137. The maximum Gasteiger partial charge on any atom is 0.192 e. The van der Waals surface area contributed by atoms with Crippen LogP contribution in [0.25, 0.3) is 0 Å². The first-order chi connectivity index (χ1) is 6.40. The minimum absolute atomic E-state index is 0.157. The van der Waals surface area contributed by atoms with E-state index in [2.05, 4.69) is 33.9 Å². The first kappa shape index (κ1) is 15.1. The molecular formula is C12H28O2Si. The minimum Gasteiger partial charge on any atom is -0.416 e. The number of rotatable bonds is 4. The van der Waals surface area contributed by atoms with Crippen LogP contribution >= 0.6 is 0 Å². The molecule has 1 N–H and O–H groups in total. The van der Waals surface area contributed by atoms with E-state index in [0.717, 1.165) is 0 Å². The third-order valence-electron chi connectivity index (χ3n) is 3.74. The van der Waals surface area contributed by atoms with E-state index in [4.69, 9.17) is 4.43 Å². The second kappa shape index (κ2) is 4.56. The predicted octanol–water partition coefficient (Wildman–Crippen LogP) is 3.42. The molecule has 0 bridgehead atoms. The summed E-state index contributed by atoms with van der Waals surface area (Å²) in [5, 5.41) is 9.85. The van der Waals surface area contributed by atoms with Gasteiger partial charge in [-0.15, -0.1) is 0 Å². The predicted molar refractivity (Wildman–Crippen MR) is 68.6 cm³/mol. The van der Waals surface area contributed by atoms with Crippen molar-refractivity contribution in [3.05, 3.63) is 0 Å². The average molecular weight is 232 g/mol. The van der Waals surface area contributed by atoms with E-state index in [1.165, 1.54) is 0 Å². The molecule has 92 valence electrons. The highest BCUT2D eigenvalue weighted by Gasteiger charge is 2.39. The second-order valence-electron chi connectivity index (χ2n) is 6.71. The maximum absolute atomic E-state index is 9.62. The number of hydrogen-bond donors (Lipinski definition) is 1. The molecule has 0 aliphatic heterocycles. The second-order valence-corrected chi connectivity index (χ2v) is 11.5. The molecule has 0 fully saturated rings. The Balaban J connectivity index is 4.40. The zero-order valence-electron chi connectivity index (χ0n) is 11.6. The van der Waals surface area contributed by atoms with E-state index in [9.17, 15) is 5.11 Å². The van der Waals surface area contributed by atoms with Gasteiger partial charge in [0.15, 0.2) is 8.32 Å². The molecule has 0 spiro atoms. The van der Waals surface area contributed by atoms with Crippen LogP contribution in [0.1, 0.15) is 41.5 Å². The Morgan fingerprint density at radius 1 is 1.13 bits per heavy atom. The largest absolute Gasteiger partial charge is 0.416 e. The van der Waals surface area contributed by atoms with E-state index in [0.29, 0.717) is 6.61 Å². The van der Waals surface area contributed by atoms with Gasteiger partial charge in [-0.3, -0.25) is 0 Å². The molecule has 15 heavy (non-hydrogen) atoms. The third-order valence-corrected chi connectivity index (χ3v) is 8.22. The Labute approximate surface area is 96.2 Å². The van der Waals surface area contributed by atoms with Gasteiger partial charge < -0.3 is 9.53 Å². The van der Waals surface area contributed by atoms with Gasteiger partial charge in [0.1, 0.15) is 0 Å². The number of hydrogen-bond acceptors (Lipinski definition) is 2. The lowest BCUT2D eigenvalue weighted by molar-refractivity contribution is 0.0241. The van der Waals surface area contributed by atoms with E-state index in [1.54, 1.807) is 0 Å². The van der Waals surface area contributed by atoms with Crippen LogP contribution in [-0.2, 0) is 4.43 Å². The standard InChI is InChI=1S/C12H28O2Si/c1-10(13)12(5,6)9-14-15(7,8)11(2,3)4/h10,13H,9H2,1-8H3. The molecule has 0 amide bonds. The van der Waals surface area contributed by atoms with Crippen LogP contribution in [0.4, 0.5) is 0 Å². The van der Waals surface area contributed by atoms with Crippen molar-refractivity contribution in [1.82, 2.24) is 0 Å². The lowest BCUT2D eigenvalue weighted by Crippen LogP contribution is -2.44. The molecule has 0 aliphatic carbocycles. The molecule has 0 aromatic heterocycles. The van der Waals surface area contributed by atoms with Gasteiger partial charge in [0, 0.05) is 12.0 Å². The fourth-order valence-corrected chi connectivity index (χ4v) is 1.87. The van der Waals surface area contributed by atoms with E-state index in [-0.39, 0.29) is 16.6 Å². The molecule has 2 nitrogen and oxygen atoms in total. The summed E-state index contributed by atoms with van der Waals surface area (Å²) in [6.45, 7) is 17.7. The summed E-state index contributed by atoms with van der Waals surface area (Å²) in [5.41, 5.74) is -0.157. The number of aliphatic hydroxyl groups excluding tert-OH is 1. The lowest BCUT2D eigenvalue weighted by atomic mass is 9.89. The molecule has 0 aromatic carbocycles. The molecule has 0 aromatic rings. The number of aliphatic hydroxyl groups is 1. The molecule has 0 saturated carbocycles. The van der Waals surface area contributed by atoms with Gasteiger partial charge in [-0.05, 0) is 25.1 Å². The molecule has 1 atom stereocenters. The van der Waals surface area contributed by atoms with Crippen molar-refractivity contribution < 1.29 is 9.53 Å². The highest BCUT2D eigenvalue weighted by Crippen LogP contribution is 2.37. The van der Waals surface area contributed by atoms with Crippen LogP contribution in [0, 0.1) is 5.41 Å². The van der Waals surface area contributed by atoms with E-state index in [1.807, 2.05) is 20.8 Å². The zero-order valence-corrected chi connectivity index (χ0v) is 12.6. The molecule has 0 aliphatic rings. The zero-order chi connectivity index (χ0) is 12.5. The maximum atomic E-state index is 9.62. The van der Waals surface area contributed by atoms with Crippen LogP contribution in [-0.4, -0.2) is 26.1 Å². The monoisotopic (exact) mass is 232 g/mol. The summed E-state index contributed by atoms with van der Waals surface area (Å²) in [5.74, 6) is 0. The van der Waals surface area contributed by atoms with E-state index >= 15 is 0 Å². The smallest absolute Gasteiger partial charge is 0.192 e. The van der Waals surface area contributed by atoms with Crippen molar-refractivity contribution in [2.24, 2.45) is 5.41 Å². The molecule has 1 unspecified atom stereocenters. The molecule has 0 saturated heterocycles. The molecule has 0 rings (SSSR count). The van der Waals surface area contributed by atoms with Gasteiger partial charge in [0.2, 0.25) is 0 Å². The van der Waals surface area contributed by atoms with Crippen LogP contribution < -0.4 is 0 Å². The van der Waals surface area contributed by atoms with Gasteiger partial charge in [-0.1, -0.05) is 34.6 Å². The first-order valence-electron chi connectivity index (χ1n) is 5.72. The fraction of sp³-hybridized carbons (Fsp3) is 1.00. The van der Waals surface area contributed by atoms with Crippen molar-refractivity contribution >= 4 is 8.32 Å². The quantitative estimate of drug-likeness (QED) is 0.753.